The topological polar surface area (TPSA) is 114 Å². The van der Waals surface area contributed by atoms with Crippen molar-refractivity contribution < 1.29 is 41.6 Å². The summed E-state index contributed by atoms with van der Waals surface area (Å²) in [6, 6.07) is 25.8. The van der Waals surface area contributed by atoms with Crippen molar-refractivity contribution in [3.63, 3.8) is 0 Å². The molecule has 1 aliphatic rings. The molecule has 0 atom stereocenters. The highest BCUT2D eigenvalue weighted by Crippen LogP contribution is 2.67. The lowest BCUT2D eigenvalue weighted by atomic mass is 10.2. The Morgan fingerprint density at radius 2 is 0.628 bits per heavy atom. The Morgan fingerprint density at radius 1 is 0.419 bits per heavy atom. The fourth-order valence-corrected chi connectivity index (χ4v) is 8.04. The van der Waals surface area contributed by atoms with E-state index in [0.717, 1.165) is 22.3 Å². The van der Waals surface area contributed by atoms with Crippen LogP contribution < -0.4 is 18.1 Å². The molecule has 0 amide bonds. The Hall–Kier alpha value is -4.58. The fraction of sp³-hybridized carbons (Fsp3) is 0.125. The summed E-state index contributed by atoms with van der Waals surface area (Å²) in [5.41, 5.74) is 3.55. The second kappa shape index (κ2) is 12.0. The maximum Gasteiger partial charge on any atom is 0.471 e. The van der Waals surface area contributed by atoms with Gasteiger partial charge in [-0.3, -0.25) is 0 Å². The summed E-state index contributed by atoms with van der Waals surface area (Å²) in [6.07, 6.45) is 0. The van der Waals surface area contributed by atoms with E-state index in [1.165, 1.54) is 48.5 Å². The van der Waals surface area contributed by atoms with Crippen molar-refractivity contribution in [3.05, 3.63) is 130 Å². The molecule has 1 aliphatic heterocycles. The number of rotatable bonds is 10. The Labute approximate surface area is 249 Å². The summed E-state index contributed by atoms with van der Waals surface area (Å²) in [7, 11) is -9.72. The number of ether oxygens (including phenoxy) is 1. The van der Waals surface area contributed by atoms with Crippen LogP contribution in [-0.2, 0) is 23.5 Å². The molecule has 0 fully saturated rings. The number of aryl methyl sites for hydroxylation is 4. The van der Waals surface area contributed by atoms with Gasteiger partial charge in [0.2, 0.25) is 0 Å². The van der Waals surface area contributed by atoms with E-state index in [1.54, 1.807) is 48.5 Å². The molecule has 0 aliphatic carbocycles. The first-order chi connectivity index (χ1) is 20.4. The molecule has 9 nitrogen and oxygen atoms in total. The average molecular weight is 619 g/mol. The zero-order valence-corrected chi connectivity index (χ0v) is 25.6. The standard InChI is InChI=1S/C32H28O9P2/c1-21-5-13-25(14-6-21)38-42(35,39-26-15-7-22(2)8-16-26)29-30(32(34)37-31(29)33)43(36,40-27-17-9-23(3)10-18-27)41-28-19-11-24(4)12-20-28/h5-20H,1-4H3. The largest absolute Gasteiger partial charge is 0.471 e. The van der Waals surface area contributed by atoms with Crippen LogP contribution in [0.15, 0.2) is 108 Å². The van der Waals surface area contributed by atoms with Crippen molar-refractivity contribution in [2.24, 2.45) is 0 Å². The van der Waals surface area contributed by atoms with Gasteiger partial charge < -0.3 is 22.8 Å². The maximum absolute atomic E-state index is 14.7. The quantitative estimate of drug-likeness (QED) is 0.0985. The van der Waals surface area contributed by atoms with Crippen LogP contribution in [0.2, 0.25) is 0 Å². The Balaban J connectivity index is 1.71. The molecule has 0 saturated carbocycles. The summed E-state index contributed by atoms with van der Waals surface area (Å²) in [4.78, 5) is 26.6. The van der Waals surface area contributed by atoms with Gasteiger partial charge in [-0.05, 0) is 76.2 Å². The number of benzene rings is 4. The van der Waals surface area contributed by atoms with Gasteiger partial charge in [0.1, 0.15) is 23.0 Å². The highest BCUT2D eigenvalue weighted by atomic mass is 31.2. The Bertz CT molecular complexity index is 1560. The number of hydrogen-bond donors (Lipinski definition) is 0. The third kappa shape index (κ3) is 6.75. The SMILES string of the molecule is Cc1ccc(OP(=O)(Oc2ccc(C)cc2)C2=C(P(=O)(Oc3ccc(C)cc3)Oc3ccc(C)cc3)C(=O)OC2=O)cc1. The summed E-state index contributed by atoms with van der Waals surface area (Å²) in [5, 5.41) is -1.78. The van der Waals surface area contributed by atoms with Crippen molar-refractivity contribution >= 4 is 27.1 Å². The number of esters is 2. The molecule has 4 aromatic carbocycles. The van der Waals surface area contributed by atoms with Crippen molar-refractivity contribution in [3.8, 4) is 23.0 Å². The predicted octanol–water partition coefficient (Wildman–Crippen LogP) is 8.22. The van der Waals surface area contributed by atoms with Crippen molar-refractivity contribution in [2.75, 3.05) is 0 Å². The van der Waals surface area contributed by atoms with E-state index in [2.05, 4.69) is 0 Å². The highest BCUT2D eigenvalue weighted by molar-refractivity contribution is 7.65. The summed E-state index contributed by atoms with van der Waals surface area (Å²) >= 11 is 0. The number of cyclic esters (lactones) is 2. The van der Waals surface area contributed by atoms with Gasteiger partial charge in [-0.2, -0.15) is 0 Å². The van der Waals surface area contributed by atoms with Crippen molar-refractivity contribution in [2.45, 2.75) is 27.7 Å². The predicted molar refractivity (Wildman–Crippen MR) is 161 cm³/mol. The second-order valence-electron chi connectivity index (χ2n) is 9.99. The molecule has 11 heteroatoms. The molecule has 0 aromatic heterocycles. The van der Waals surface area contributed by atoms with Crippen LogP contribution in [0, 0.1) is 27.7 Å². The second-order valence-corrected chi connectivity index (χ2v) is 13.6. The minimum absolute atomic E-state index is 0.0637. The van der Waals surface area contributed by atoms with Gasteiger partial charge in [0.15, 0.2) is 10.6 Å². The number of carbonyl (C=O) groups excluding carboxylic acids is 2. The van der Waals surface area contributed by atoms with Gasteiger partial charge in [-0.25, -0.2) is 18.7 Å². The summed E-state index contributed by atoms with van der Waals surface area (Å²) < 4.78 is 57.7. The van der Waals surface area contributed by atoms with Gasteiger partial charge in [-0.15, -0.1) is 0 Å². The number of carbonyl (C=O) groups is 2. The van der Waals surface area contributed by atoms with E-state index in [-0.39, 0.29) is 23.0 Å². The highest BCUT2D eigenvalue weighted by Gasteiger charge is 2.58. The van der Waals surface area contributed by atoms with E-state index in [4.69, 9.17) is 22.8 Å². The molecule has 1 heterocycles. The zero-order valence-electron chi connectivity index (χ0n) is 23.8. The average Bonchev–Trinajstić information content (AvgIpc) is 3.29. The van der Waals surface area contributed by atoms with Crippen molar-refractivity contribution in [1.29, 1.82) is 0 Å². The van der Waals surface area contributed by atoms with E-state index in [1.807, 2.05) is 27.7 Å². The monoisotopic (exact) mass is 618 g/mol. The summed E-state index contributed by atoms with van der Waals surface area (Å²) in [5.74, 6) is -2.46. The van der Waals surface area contributed by atoms with Crippen LogP contribution in [0.3, 0.4) is 0 Å². The van der Waals surface area contributed by atoms with Gasteiger partial charge >= 0.3 is 27.1 Å². The van der Waals surface area contributed by atoms with E-state index < -0.39 is 37.8 Å². The van der Waals surface area contributed by atoms with Gasteiger partial charge in [-0.1, -0.05) is 70.8 Å². The van der Waals surface area contributed by atoms with E-state index >= 15 is 0 Å². The lowest BCUT2D eigenvalue weighted by Crippen LogP contribution is -2.12. The molecule has 4 aromatic rings. The molecule has 43 heavy (non-hydrogen) atoms. The van der Waals surface area contributed by atoms with Crippen LogP contribution in [0.4, 0.5) is 0 Å². The first kappa shape index (κ1) is 29.9. The van der Waals surface area contributed by atoms with Crippen LogP contribution in [0.1, 0.15) is 22.3 Å². The molecule has 0 unspecified atom stereocenters. The molecule has 220 valence electrons. The number of hydrogen-bond acceptors (Lipinski definition) is 9. The van der Waals surface area contributed by atoms with Crippen LogP contribution in [-0.4, -0.2) is 11.9 Å². The first-order valence-electron chi connectivity index (χ1n) is 13.2. The van der Waals surface area contributed by atoms with Crippen LogP contribution in [0.5, 0.6) is 23.0 Å². The lowest BCUT2D eigenvalue weighted by molar-refractivity contribution is -0.150. The molecule has 0 saturated heterocycles. The Morgan fingerprint density at radius 3 is 0.837 bits per heavy atom. The van der Waals surface area contributed by atoms with E-state index in [0.29, 0.717) is 0 Å². The smallest absolute Gasteiger partial charge is 0.413 e. The molecule has 0 radical (unpaired) electrons. The molecule has 0 spiro atoms. The van der Waals surface area contributed by atoms with Crippen LogP contribution in [0.25, 0.3) is 0 Å². The lowest BCUT2D eigenvalue weighted by Gasteiger charge is -2.23. The van der Waals surface area contributed by atoms with Gasteiger partial charge in [0.25, 0.3) is 0 Å². The zero-order chi connectivity index (χ0) is 30.8. The van der Waals surface area contributed by atoms with Crippen LogP contribution >= 0.6 is 15.2 Å². The molecule has 5 rings (SSSR count). The van der Waals surface area contributed by atoms with Gasteiger partial charge in [0, 0.05) is 0 Å². The summed E-state index contributed by atoms with van der Waals surface area (Å²) in [6.45, 7) is 7.39. The first-order valence-corrected chi connectivity index (χ1v) is 16.3. The normalized spacial score (nSPS) is 13.5. The molecular formula is C32H28O9P2. The fourth-order valence-electron chi connectivity index (χ4n) is 4.03. The third-order valence-electron chi connectivity index (χ3n) is 6.33. The molecule has 0 N–H and O–H groups in total. The minimum atomic E-state index is -4.86. The molecular weight excluding hydrogens is 590 g/mol. The third-order valence-corrected chi connectivity index (χ3v) is 10.2. The van der Waals surface area contributed by atoms with Crippen molar-refractivity contribution in [1.82, 2.24) is 0 Å². The maximum atomic E-state index is 14.7. The minimum Gasteiger partial charge on any atom is -0.413 e. The van der Waals surface area contributed by atoms with Gasteiger partial charge in [0.05, 0.1) is 0 Å². The Kier molecular flexibility index (Phi) is 8.32. The van der Waals surface area contributed by atoms with E-state index in [9.17, 15) is 18.7 Å². The molecule has 0 bridgehead atoms.